The number of aryl methyl sites for hydroxylation is 3. The average Bonchev–Trinajstić information content (AvgIpc) is 2.71. The zero-order valence-electron chi connectivity index (χ0n) is 10.4. The molecule has 2 rings (SSSR count). The van der Waals surface area contributed by atoms with Crippen LogP contribution in [0.5, 0.6) is 0 Å². The summed E-state index contributed by atoms with van der Waals surface area (Å²) < 4.78 is 2.42. The summed E-state index contributed by atoms with van der Waals surface area (Å²) in [5, 5.41) is 6.96. The summed E-state index contributed by atoms with van der Waals surface area (Å²) in [4.78, 5) is 15.8. The molecular weight excluding hydrogens is 268 g/mol. The lowest BCUT2D eigenvalue weighted by atomic mass is 10.3. The van der Waals surface area contributed by atoms with Gasteiger partial charge >= 0.3 is 0 Å². The molecule has 0 saturated heterocycles. The van der Waals surface area contributed by atoms with E-state index in [0.717, 1.165) is 16.3 Å². The summed E-state index contributed by atoms with van der Waals surface area (Å²) in [6.07, 6.45) is 0.319. The van der Waals surface area contributed by atoms with Crippen molar-refractivity contribution in [1.29, 1.82) is 0 Å². The molecule has 0 aliphatic carbocycles. The van der Waals surface area contributed by atoms with Crippen LogP contribution in [-0.4, -0.2) is 20.7 Å². The van der Waals surface area contributed by atoms with Crippen LogP contribution in [0.1, 0.15) is 16.3 Å². The fourth-order valence-electron chi connectivity index (χ4n) is 1.56. The second-order valence-electron chi connectivity index (χ2n) is 4.08. The quantitative estimate of drug-likeness (QED) is 0.849. The molecule has 0 aliphatic rings. The fraction of sp³-hybridized carbons (Fsp3) is 0.364. The van der Waals surface area contributed by atoms with Crippen LogP contribution in [0.4, 0.5) is 5.82 Å². The number of rotatable bonds is 3. The van der Waals surface area contributed by atoms with Gasteiger partial charge in [0.1, 0.15) is 0 Å². The first-order valence-electron chi connectivity index (χ1n) is 5.45. The summed E-state index contributed by atoms with van der Waals surface area (Å²) >= 11 is 6.47. The van der Waals surface area contributed by atoms with Gasteiger partial charge in [-0.3, -0.25) is 9.48 Å². The van der Waals surface area contributed by atoms with E-state index in [4.69, 9.17) is 12.2 Å². The van der Waals surface area contributed by atoms with Gasteiger partial charge in [-0.2, -0.15) is 5.10 Å². The van der Waals surface area contributed by atoms with E-state index in [1.165, 1.54) is 11.3 Å². The molecule has 1 amide bonds. The lowest BCUT2D eigenvalue weighted by molar-refractivity contribution is -0.115. The first kappa shape index (κ1) is 13.0. The topological polar surface area (TPSA) is 62.7 Å². The molecule has 5 nitrogen and oxygen atoms in total. The van der Waals surface area contributed by atoms with E-state index in [-0.39, 0.29) is 5.91 Å². The predicted molar refractivity (Wildman–Crippen MR) is 74.5 cm³/mol. The number of aromatic nitrogens is 3. The smallest absolute Gasteiger partial charge is 0.230 e. The van der Waals surface area contributed by atoms with E-state index in [0.29, 0.717) is 16.2 Å². The lowest BCUT2D eigenvalue weighted by Gasteiger charge is -2.00. The lowest BCUT2D eigenvalue weighted by Crippen LogP contribution is -2.14. The van der Waals surface area contributed by atoms with Crippen LogP contribution >= 0.6 is 23.6 Å². The van der Waals surface area contributed by atoms with Crippen molar-refractivity contribution < 1.29 is 4.79 Å². The molecule has 0 radical (unpaired) electrons. The van der Waals surface area contributed by atoms with Crippen LogP contribution < -0.4 is 5.32 Å². The third-order valence-corrected chi connectivity index (χ3v) is 3.96. The predicted octanol–water partition coefficient (Wildman–Crippen LogP) is 2.34. The molecule has 0 aromatic carbocycles. The summed E-state index contributed by atoms with van der Waals surface area (Å²) in [5.41, 5.74) is 1.95. The van der Waals surface area contributed by atoms with Gasteiger partial charge in [-0.05, 0) is 26.1 Å². The molecule has 2 aromatic heterocycles. The van der Waals surface area contributed by atoms with Crippen LogP contribution in [0.2, 0.25) is 0 Å². The van der Waals surface area contributed by atoms with Gasteiger partial charge in [-0.25, -0.2) is 0 Å². The third kappa shape index (κ3) is 2.85. The summed E-state index contributed by atoms with van der Waals surface area (Å²) in [6, 6.07) is 1.84. The molecule has 0 bridgehead atoms. The number of nitrogens with zero attached hydrogens (tertiary/aromatic N) is 2. The second kappa shape index (κ2) is 5.03. The Hall–Kier alpha value is -1.47. The van der Waals surface area contributed by atoms with E-state index in [9.17, 15) is 4.79 Å². The second-order valence-corrected chi connectivity index (χ2v) is 5.85. The molecule has 0 fully saturated rings. The number of carbonyl (C=O) groups is 1. The normalized spacial score (nSPS) is 10.6. The number of aromatic amines is 1. The van der Waals surface area contributed by atoms with Crippen LogP contribution in [0.3, 0.4) is 0 Å². The Morgan fingerprint density at radius 2 is 2.33 bits per heavy atom. The first-order valence-corrected chi connectivity index (χ1v) is 6.67. The standard InChI is InChI=1S/C11H14N4OS2/c1-6-4-9(14-15(6)3)13-10(16)5-8-7(2)12-11(17)18-8/h4H,5H2,1-3H3,(H,12,17)(H,13,14,16). The number of hydrogen-bond donors (Lipinski definition) is 2. The van der Waals surface area contributed by atoms with Crippen LogP contribution in [0, 0.1) is 17.8 Å². The van der Waals surface area contributed by atoms with Crippen LogP contribution in [-0.2, 0) is 18.3 Å². The van der Waals surface area contributed by atoms with Crippen molar-refractivity contribution >= 4 is 35.3 Å². The number of H-pyrrole nitrogens is 1. The van der Waals surface area contributed by atoms with Crippen molar-refractivity contribution in [3.63, 3.8) is 0 Å². The van der Waals surface area contributed by atoms with E-state index < -0.39 is 0 Å². The number of anilines is 1. The molecule has 2 aromatic rings. The minimum atomic E-state index is -0.0820. The fourth-order valence-corrected chi connectivity index (χ4v) is 2.85. The molecule has 2 N–H and O–H groups in total. The minimum absolute atomic E-state index is 0.0820. The minimum Gasteiger partial charge on any atom is -0.341 e. The van der Waals surface area contributed by atoms with Crippen molar-refractivity contribution in [2.45, 2.75) is 20.3 Å². The van der Waals surface area contributed by atoms with Gasteiger partial charge in [0.25, 0.3) is 0 Å². The monoisotopic (exact) mass is 282 g/mol. The Labute approximate surface area is 114 Å². The highest BCUT2D eigenvalue weighted by Gasteiger charge is 2.10. The van der Waals surface area contributed by atoms with Gasteiger partial charge in [-0.1, -0.05) is 0 Å². The van der Waals surface area contributed by atoms with E-state index in [1.54, 1.807) is 4.68 Å². The molecule has 2 heterocycles. The summed E-state index contributed by atoms with van der Waals surface area (Å²) in [6.45, 7) is 3.85. The SMILES string of the molecule is Cc1[nH]c(=S)sc1CC(=O)Nc1cc(C)n(C)n1. The first-order chi connectivity index (χ1) is 8.45. The highest BCUT2D eigenvalue weighted by atomic mass is 32.1. The maximum Gasteiger partial charge on any atom is 0.230 e. The third-order valence-electron chi connectivity index (χ3n) is 2.63. The van der Waals surface area contributed by atoms with Crippen molar-refractivity contribution in [2.24, 2.45) is 7.05 Å². The molecule has 96 valence electrons. The number of hydrogen-bond acceptors (Lipinski definition) is 4. The number of nitrogens with one attached hydrogen (secondary N) is 2. The van der Waals surface area contributed by atoms with Crippen LogP contribution in [0.25, 0.3) is 0 Å². The van der Waals surface area contributed by atoms with E-state index in [2.05, 4.69) is 15.4 Å². The molecule has 0 unspecified atom stereocenters. The zero-order chi connectivity index (χ0) is 13.3. The van der Waals surface area contributed by atoms with Gasteiger partial charge in [0.05, 0.1) is 6.42 Å². The largest absolute Gasteiger partial charge is 0.341 e. The van der Waals surface area contributed by atoms with Gasteiger partial charge in [0, 0.05) is 29.4 Å². The molecular formula is C11H14N4OS2. The Kier molecular flexibility index (Phi) is 3.63. The Bertz CT molecular complexity index is 618. The van der Waals surface area contributed by atoms with Crippen molar-refractivity contribution in [3.05, 3.63) is 26.3 Å². The Morgan fingerprint density at radius 1 is 1.61 bits per heavy atom. The molecule has 0 spiro atoms. The maximum atomic E-state index is 11.9. The van der Waals surface area contributed by atoms with Gasteiger partial charge in [0.15, 0.2) is 9.77 Å². The highest BCUT2D eigenvalue weighted by molar-refractivity contribution is 7.73. The maximum absolute atomic E-state index is 11.9. The molecule has 7 heteroatoms. The van der Waals surface area contributed by atoms with Gasteiger partial charge in [0.2, 0.25) is 5.91 Å². The Morgan fingerprint density at radius 3 is 2.83 bits per heavy atom. The zero-order valence-corrected chi connectivity index (χ0v) is 12.0. The van der Waals surface area contributed by atoms with Crippen molar-refractivity contribution in [2.75, 3.05) is 5.32 Å². The summed E-state index contributed by atoms with van der Waals surface area (Å²) in [7, 11) is 1.84. The van der Waals surface area contributed by atoms with Gasteiger partial charge in [-0.15, -0.1) is 11.3 Å². The molecule has 0 aliphatic heterocycles. The van der Waals surface area contributed by atoms with Crippen molar-refractivity contribution in [1.82, 2.24) is 14.8 Å². The number of thiazole rings is 1. The van der Waals surface area contributed by atoms with E-state index in [1.807, 2.05) is 27.0 Å². The average molecular weight is 282 g/mol. The van der Waals surface area contributed by atoms with Crippen LogP contribution in [0.15, 0.2) is 6.07 Å². The number of amides is 1. The van der Waals surface area contributed by atoms with Crippen molar-refractivity contribution in [3.8, 4) is 0 Å². The van der Waals surface area contributed by atoms with Gasteiger partial charge < -0.3 is 10.3 Å². The number of carbonyl (C=O) groups excluding carboxylic acids is 1. The Balaban J connectivity index is 2.05. The molecule has 0 atom stereocenters. The molecule has 18 heavy (non-hydrogen) atoms. The van der Waals surface area contributed by atoms with E-state index >= 15 is 0 Å². The summed E-state index contributed by atoms with van der Waals surface area (Å²) in [5.74, 6) is 0.498. The highest BCUT2D eigenvalue weighted by Crippen LogP contribution is 2.16. The molecule has 0 saturated carbocycles.